The summed E-state index contributed by atoms with van der Waals surface area (Å²) in [7, 11) is 5.04. The van der Waals surface area contributed by atoms with E-state index in [4.69, 9.17) is 17.3 Å². The molecule has 0 saturated heterocycles. The third kappa shape index (κ3) is 4.40. The standard InChI is InChI=1S/C29H38ClN3O7/c1-12(28(2,3)4)33(7)11-14-10-17(34)19-15(21(14)30)8-13-9-16-22(32(5)6)24(36)20(27(31)39)26(38)29(16,40)25(37)18(13)23(19)35/h10,12-13,16,18,20,22,34,40H,8-9,11H2,1-7H3,(H2,31,39)/t12-,13-,16-,18?,20?,22-,29-/m0/s1. The number of ketones is 4. The first-order valence-corrected chi connectivity index (χ1v) is 13.8. The van der Waals surface area contributed by atoms with E-state index in [0.29, 0.717) is 22.7 Å². The van der Waals surface area contributed by atoms with Crippen LogP contribution in [0.5, 0.6) is 5.75 Å². The van der Waals surface area contributed by atoms with Gasteiger partial charge in [0.05, 0.1) is 17.5 Å². The van der Waals surface area contributed by atoms with Crippen molar-refractivity contribution in [1.29, 1.82) is 0 Å². The van der Waals surface area contributed by atoms with E-state index >= 15 is 0 Å². The molecule has 40 heavy (non-hydrogen) atoms. The molecule has 1 aromatic rings. The van der Waals surface area contributed by atoms with Crippen LogP contribution >= 0.6 is 11.6 Å². The third-order valence-electron chi connectivity index (χ3n) is 9.40. The van der Waals surface area contributed by atoms with Crippen LogP contribution in [0, 0.1) is 29.1 Å². The topological polar surface area (TPSA) is 158 Å². The van der Waals surface area contributed by atoms with E-state index in [-0.39, 0.29) is 35.6 Å². The molecule has 0 aliphatic heterocycles. The van der Waals surface area contributed by atoms with Crippen molar-refractivity contribution in [2.45, 2.75) is 64.8 Å². The number of Topliss-reactive ketones (excluding diaryl/α,β-unsaturated/α-hetero) is 4. The molecule has 2 saturated carbocycles. The molecule has 2 unspecified atom stereocenters. The zero-order chi connectivity index (χ0) is 30.2. The number of carbonyl (C=O) groups excluding carboxylic acids is 5. The molecule has 218 valence electrons. The van der Waals surface area contributed by atoms with Crippen molar-refractivity contribution in [2.75, 3.05) is 21.1 Å². The predicted molar refractivity (Wildman–Crippen MR) is 147 cm³/mol. The van der Waals surface area contributed by atoms with Gasteiger partial charge in [0.25, 0.3) is 0 Å². The van der Waals surface area contributed by atoms with E-state index in [1.54, 1.807) is 14.1 Å². The Hall–Kier alpha value is -2.66. The van der Waals surface area contributed by atoms with Crippen molar-refractivity contribution < 1.29 is 34.2 Å². The van der Waals surface area contributed by atoms with E-state index in [2.05, 4.69) is 32.6 Å². The largest absolute Gasteiger partial charge is 0.507 e. The lowest BCUT2D eigenvalue weighted by atomic mass is 9.52. The van der Waals surface area contributed by atoms with Crippen LogP contribution in [0.1, 0.15) is 55.6 Å². The average molecular weight is 576 g/mol. The molecule has 10 nitrogen and oxygen atoms in total. The van der Waals surface area contributed by atoms with Gasteiger partial charge in [-0.1, -0.05) is 32.4 Å². The van der Waals surface area contributed by atoms with Gasteiger partial charge in [-0.3, -0.25) is 33.8 Å². The van der Waals surface area contributed by atoms with Crippen molar-refractivity contribution in [3.05, 3.63) is 27.8 Å². The molecule has 7 atom stereocenters. The van der Waals surface area contributed by atoms with Gasteiger partial charge in [0, 0.05) is 23.5 Å². The number of halogens is 1. The Labute approximate surface area is 238 Å². The van der Waals surface area contributed by atoms with E-state index in [1.807, 2.05) is 7.05 Å². The number of benzene rings is 1. The number of phenols is 1. The van der Waals surface area contributed by atoms with Crippen LogP contribution in [0.15, 0.2) is 6.07 Å². The molecule has 0 aromatic heterocycles. The summed E-state index contributed by atoms with van der Waals surface area (Å²) in [6.07, 6.45) is 0.108. The van der Waals surface area contributed by atoms with E-state index in [9.17, 15) is 34.2 Å². The summed E-state index contributed by atoms with van der Waals surface area (Å²) in [5, 5.41) is 22.9. The number of nitrogens with zero attached hydrogens (tertiary/aromatic N) is 2. The molecule has 3 aliphatic carbocycles. The zero-order valence-electron chi connectivity index (χ0n) is 23.9. The lowest BCUT2D eigenvalue weighted by Gasteiger charge is -2.52. The third-order valence-corrected chi connectivity index (χ3v) is 9.87. The van der Waals surface area contributed by atoms with Crippen molar-refractivity contribution in [1.82, 2.24) is 9.80 Å². The fourth-order valence-electron chi connectivity index (χ4n) is 6.89. The van der Waals surface area contributed by atoms with Gasteiger partial charge >= 0.3 is 0 Å². The summed E-state index contributed by atoms with van der Waals surface area (Å²) < 4.78 is 0. The smallest absolute Gasteiger partial charge is 0.235 e. The SMILES string of the molecule is C[C@H](N(C)Cc1cc(O)c2c(c1Cl)C[C@H]1C[C@H]3[C@H](N(C)C)C(=O)C(C(N)=O)C(=O)[C@@]3(O)C(=O)C1C2=O)C(C)(C)C. The highest BCUT2D eigenvalue weighted by Gasteiger charge is 2.69. The van der Waals surface area contributed by atoms with E-state index in [1.165, 1.54) is 11.0 Å². The number of hydrogen-bond acceptors (Lipinski definition) is 9. The lowest BCUT2D eigenvalue weighted by Crippen LogP contribution is -2.74. The number of nitrogens with two attached hydrogens (primary N) is 1. The Morgan fingerprint density at radius 2 is 1.77 bits per heavy atom. The van der Waals surface area contributed by atoms with Crippen LogP contribution < -0.4 is 5.73 Å². The first-order valence-electron chi connectivity index (χ1n) is 13.4. The number of fused-ring (bicyclic) bond motifs is 3. The summed E-state index contributed by atoms with van der Waals surface area (Å²) >= 11 is 6.85. The summed E-state index contributed by atoms with van der Waals surface area (Å²) in [5.41, 5.74) is 3.50. The number of rotatable bonds is 5. The minimum atomic E-state index is -2.75. The van der Waals surface area contributed by atoms with Crippen molar-refractivity contribution >= 4 is 40.6 Å². The van der Waals surface area contributed by atoms with Gasteiger partial charge in [0.1, 0.15) is 5.75 Å². The number of amides is 1. The minimum Gasteiger partial charge on any atom is -0.507 e. The Morgan fingerprint density at radius 3 is 2.30 bits per heavy atom. The molecule has 1 aromatic carbocycles. The normalized spacial score (nSPS) is 31.2. The van der Waals surface area contributed by atoms with Gasteiger partial charge < -0.3 is 15.9 Å². The monoisotopic (exact) mass is 575 g/mol. The lowest BCUT2D eigenvalue weighted by molar-refractivity contribution is -0.181. The van der Waals surface area contributed by atoms with Crippen LogP contribution in [-0.4, -0.2) is 87.9 Å². The Balaban J connectivity index is 1.79. The maximum Gasteiger partial charge on any atom is 0.235 e. The number of aromatic hydroxyl groups is 1. The van der Waals surface area contributed by atoms with Crippen LogP contribution in [-0.2, 0) is 32.1 Å². The zero-order valence-corrected chi connectivity index (χ0v) is 24.7. The van der Waals surface area contributed by atoms with Crippen LogP contribution in [0.4, 0.5) is 0 Å². The maximum absolute atomic E-state index is 13.9. The van der Waals surface area contributed by atoms with Gasteiger partial charge in [-0.15, -0.1) is 0 Å². The molecular formula is C29H38ClN3O7. The number of aliphatic hydroxyl groups is 1. The molecule has 3 aliphatic rings. The second-order valence-corrected chi connectivity index (χ2v) is 13.3. The van der Waals surface area contributed by atoms with Gasteiger partial charge in [-0.2, -0.15) is 0 Å². The van der Waals surface area contributed by atoms with E-state index in [0.717, 1.165) is 0 Å². The van der Waals surface area contributed by atoms with Crippen LogP contribution in [0.3, 0.4) is 0 Å². The second kappa shape index (κ2) is 10.0. The molecule has 4 rings (SSSR count). The minimum absolute atomic E-state index is 0.0217. The molecule has 4 N–H and O–H groups in total. The summed E-state index contributed by atoms with van der Waals surface area (Å²) in [5.74, 6) is -10.8. The molecule has 0 bridgehead atoms. The fourth-order valence-corrected chi connectivity index (χ4v) is 7.18. The number of likely N-dealkylation sites (N-methyl/N-ethyl adjacent to an activating group) is 1. The van der Waals surface area contributed by atoms with Gasteiger partial charge in [-0.25, -0.2) is 0 Å². The Morgan fingerprint density at radius 1 is 1.18 bits per heavy atom. The summed E-state index contributed by atoms with van der Waals surface area (Å²) in [6, 6.07) is 0.436. The molecule has 11 heteroatoms. The highest BCUT2D eigenvalue weighted by atomic mass is 35.5. The van der Waals surface area contributed by atoms with Gasteiger partial charge in [0.15, 0.2) is 34.7 Å². The second-order valence-electron chi connectivity index (χ2n) is 13.0. The summed E-state index contributed by atoms with van der Waals surface area (Å²) in [4.78, 5) is 69.8. The highest BCUT2D eigenvalue weighted by Crippen LogP contribution is 2.52. The Bertz CT molecular complexity index is 1320. The summed E-state index contributed by atoms with van der Waals surface area (Å²) in [6.45, 7) is 8.85. The first kappa shape index (κ1) is 30.3. The molecule has 0 radical (unpaired) electrons. The molecule has 1 amide bonds. The molecule has 0 spiro atoms. The van der Waals surface area contributed by atoms with Crippen molar-refractivity contribution in [3.8, 4) is 5.75 Å². The predicted octanol–water partition coefficient (Wildman–Crippen LogP) is 1.39. The molecule has 2 fully saturated rings. The molecular weight excluding hydrogens is 538 g/mol. The quantitative estimate of drug-likeness (QED) is 0.441. The molecule has 0 heterocycles. The van der Waals surface area contributed by atoms with E-state index < -0.39 is 64.4 Å². The average Bonchev–Trinajstić information content (AvgIpc) is 2.82. The Kier molecular flexibility index (Phi) is 7.58. The van der Waals surface area contributed by atoms with Crippen molar-refractivity contribution in [2.24, 2.45) is 34.8 Å². The highest BCUT2D eigenvalue weighted by molar-refractivity contribution is 6.34. The maximum atomic E-state index is 13.9. The number of primary amides is 1. The fraction of sp³-hybridized carbons (Fsp3) is 0.621. The van der Waals surface area contributed by atoms with Crippen LogP contribution in [0.25, 0.3) is 0 Å². The van der Waals surface area contributed by atoms with Crippen LogP contribution in [0.2, 0.25) is 5.02 Å². The number of carbonyl (C=O) groups is 5. The first-order chi connectivity index (χ1) is 18.3. The number of phenolic OH excluding ortho intramolecular Hbond substituents is 1. The van der Waals surface area contributed by atoms with Gasteiger partial charge in [0.2, 0.25) is 5.91 Å². The van der Waals surface area contributed by atoms with Gasteiger partial charge in [-0.05, 0) is 69.4 Å². The van der Waals surface area contributed by atoms with Crippen molar-refractivity contribution in [3.63, 3.8) is 0 Å². The number of hydrogen-bond donors (Lipinski definition) is 3.